The maximum atomic E-state index is 12.0. The lowest BCUT2D eigenvalue weighted by Gasteiger charge is -2.14. The maximum absolute atomic E-state index is 12.0. The van der Waals surface area contributed by atoms with Crippen molar-refractivity contribution in [2.24, 2.45) is 11.8 Å². The Kier molecular flexibility index (Phi) is 6.07. The summed E-state index contributed by atoms with van der Waals surface area (Å²) >= 11 is 0. The fourth-order valence-corrected chi connectivity index (χ4v) is 2.02. The average Bonchev–Trinajstić information content (AvgIpc) is 2.35. The molecule has 0 saturated heterocycles. The molecule has 0 aliphatic carbocycles. The third-order valence-electron chi connectivity index (χ3n) is 3.20. The molecule has 2 heteroatoms. The number of rotatable bonds is 6. The van der Waals surface area contributed by atoms with Crippen molar-refractivity contribution in [1.82, 2.24) is 5.32 Å². The van der Waals surface area contributed by atoms with Gasteiger partial charge in [-0.05, 0) is 36.3 Å². The summed E-state index contributed by atoms with van der Waals surface area (Å²) in [5.74, 6) is 1.19. The highest BCUT2D eigenvalue weighted by molar-refractivity contribution is 5.83. The third kappa shape index (κ3) is 5.46. The highest BCUT2D eigenvalue weighted by atomic mass is 16.1. The zero-order valence-corrected chi connectivity index (χ0v) is 12.9. The van der Waals surface area contributed by atoms with Gasteiger partial charge in [-0.15, -0.1) is 0 Å². The molecule has 0 spiro atoms. The molecule has 1 aromatic carbocycles. The van der Waals surface area contributed by atoms with Gasteiger partial charge < -0.3 is 5.32 Å². The van der Waals surface area contributed by atoms with Crippen LogP contribution in [-0.2, 0) is 11.2 Å². The number of carbonyl (C=O) groups excluding carboxylic acids is 1. The van der Waals surface area contributed by atoms with Crippen molar-refractivity contribution in [3.8, 4) is 0 Å². The van der Waals surface area contributed by atoms with Gasteiger partial charge in [0, 0.05) is 6.54 Å². The standard InChI is InChI=1S/C17H27NO/c1-12(2)10-15-6-8-16(9-7-15)14(5)17(19)18-11-13(3)4/h6-9,12-14H,10-11H2,1-5H3,(H,18,19)/t14-/m1/s1. The first-order valence-electron chi connectivity index (χ1n) is 7.26. The summed E-state index contributed by atoms with van der Waals surface area (Å²) in [6.07, 6.45) is 1.09. The van der Waals surface area contributed by atoms with Crippen LogP contribution >= 0.6 is 0 Å². The Morgan fingerprint density at radius 2 is 1.58 bits per heavy atom. The minimum absolute atomic E-state index is 0.0770. The summed E-state index contributed by atoms with van der Waals surface area (Å²) in [5.41, 5.74) is 2.43. The Bertz CT molecular complexity index is 392. The van der Waals surface area contributed by atoms with Gasteiger partial charge in [0.2, 0.25) is 5.91 Å². The summed E-state index contributed by atoms with van der Waals surface area (Å²) in [7, 11) is 0. The molecule has 0 aliphatic heterocycles. The highest BCUT2D eigenvalue weighted by Crippen LogP contribution is 2.17. The molecular weight excluding hydrogens is 234 g/mol. The van der Waals surface area contributed by atoms with Crippen molar-refractivity contribution in [2.45, 2.75) is 47.0 Å². The number of nitrogens with one attached hydrogen (secondary N) is 1. The molecule has 1 rings (SSSR count). The zero-order valence-electron chi connectivity index (χ0n) is 12.9. The minimum Gasteiger partial charge on any atom is -0.355 e. The average molecular weight is 261 g/mol. The van der Waals surface area contributed by atoms with E-state index in [0.29, 0.717) is 11.8 Å². The number of hydrogen-bond acceptors (Lipinski definition) is 1. The molecule has 1 N–H and O–H groups in total. The van der Waals surface area contributed by atoms with Crippen molar-refractivity contribution in [2.75, 3.05) is 6.54 Å². The van der Waals surface area contributed by atoms with E-state index in [4.69, 9.17) is 0 Å². The van der Waals surface area contributed by atoms with Crippen LogP contribution in [0.2, 0.25) is 0 Å². The van der Waals surface area contributed by atoms with Crippen molar-refractivity contribution in [3.05, 3.63) is 35.4 Å². The van der Waals surface area contributed by atoms with E-state index >= 15 is 0 Å². The molecule has 1 amide bonds. The third-order valence-corrected chi connectivity index (χ3v) is 3.20. The van der Waals surface area contributed by atoms with Gasteiger partial charge >= 0.3 is 0 Å². The molecule has 2 nitrogen and oxygen atoms in total. The second-order valence-corrected chi connectivity index (χ2v) is 6.20. The molecule has 19 heavy (non-hydrogen) atoms. The molecular formula is C17H27NO. The largest absolute Gasteiger partial charge is 0.355 e. The van der Waals surface area contributed by atoms with E-state index in [1.165, 1.54) is 5.56 Å². The first kappa shape index (κ1) is 15.7. The Hall–Kier alpha value is -1.31. The van der Waals surface area contributed by atoms with Crippen molar-refractivity contribution in [3.63, 3.8) is 0 Å². The van der Waals surface area contributed by atoms with E-state index in [1.807, 2.05) is 6.92 Å². The maximum Gasteiger partial charge on any atom is 0.227 e. The summed E-state index contributed by atoms with van der Waals surface area (Å²) in [6, 6.07) is 8.44. The van der Waals surface area contributed by atoms with Gasteiger partial charge in [-0.1, -0.05) is 52.0 Å². The molecule has 0 unspecified atom stereocenters. The van der Waals surface area contributed by atoms with Crippen molar-refractivity contribution in [1.29, 1.82) is 0 Å². The summed E-state index contributed by atoms with van der Waals surface area (Å²) in [4.78, 5) is 12.0. The predicted octanol–water partition coefficient (Wildman–Crippen LogP) is 3.76. The summed E-state index contributed by atoms with van der Waals surface area (Å²) < 4.78 is 0. The molecule has 0 bridgehead atoms. The van der Waals surface area contributed by atoms with Crippen LogP contribution in [0.5, 0.6) is 0 Å². The van der Waals surface area contributed by atoms with Crippen LogP contribution < -0.4 is 5.32 Å². The van der Waals surface area contributed by atoms with E-state index in [-0.39, 0.29) is 11.8 Å². The van der Waals surface area contributed by atoms with Gasteiger partial charge in [-0.3, -0.25) is 4.79 Å². The predicted molar refractivity (Wildman–Crippen MR) is 81.2 cm³/mol. The van der Waals surface area contributed by atoms with Gasteiger partial charge in [-0.2, -0.15) is 0 Å². The Morgan fingerprint density at radius 3 is 2.05 bits per heavy atom. The lowest BCUT2D eigenvalue weighted by molar-refractivity contribution is -0.122. The van der Waals surface area contributed by atoms with E-state index in [2.05, 4.69) is 57.3 Å². The van der Waals surface area contributed by atoms with Crippen LogP contribution in [0.25, 0.3) is 0 Å². The fourth-order valence-electron chi connectivity index (χ4n) is 2.02. The van der Waals surface area contributed by atoms with Crippen LogP contribution in [-0.4, -0.2) is 12.5 Å². The second kappa shape index (κ2) is 7.32. The lowest BCUT2D eigenvalue weighted by atomic mass is 9.96. The Balaban J connectivity index is 2.61. The molecule has 0 fully saturated rings. The number of carbonyl (C=O) groups is 1. The number of hydrogen-bond donors (Lipinski definition) is 1. The molecule has 1 atom stereocenters. The minimum atomic E-state index is -0.0770. The smallest absolute Gasteiger partial charge is 0.227 e. The Morgan fingerprint density at radius 1 is 1.00 bits per heavy atom. The van der Waals surface area contributed by atoms with Crippen LogP contribution in [0, 0.1) is 11.8 Å². The Labute approximate surface area is 117 Å². The SMILES string of the molecule is CC(C)CNC(=O)[C@H](C)c1ccc(CC(C)C)cc1. The van der Waals surface area contributed by atoms with E-state index in [1.54, 1.807) is 0 Å². The number of benzene rings is 1. The van der Waals surface area contributed by atoms with Crippen molar-refractivity contribution >= 4 is 5.91 Å². The molecule has 106 valence electrons. The summed E-state index contributed by atoms with van der Waals surface area (Å²) in [6.45, 7) is 11.4. The van der Waals surface area contributed by atoms with Gasteiger partial charge in [0.25, 0.3) is 0 Å². The molecule has 0 aromatic heterocycles. The quantitative estimate of drug-likeness (QED) is 0.830. The van der Waals surface area contributed by atoms with Gasteiger partial charge in [-0.25, -0.2) is 0 Å². The van der Waals surface area contributed by atoms with Crippen LogP contribution in [0.4, 0.5) is 0 Å². The molecule has 1 aromatic rings. The first-order chi connectivity index (χ1) is 8.90. The van der Waals surface area contributed by atoms with Crippen LogP contribution in [0.15, 0.2) is 24.3 Å². The lowest BCUT2D eigenvalue weighted by Crippen LogP contribution is -2.31. The number of amides is 1. The van der Waals surface area contributed by atoms with Crippen molar-refractivity contribution < 1.29 is 4.79 Å². The first-order valence-corrected chi connectivity index (χ1v) is 7.26. The normalized spacial score (nSPS) is 12.8. The molecule has 0 aliphatic rings. The molecule has 0 heterocycles. The zero-order chi connectivity index (χ0) is 14.4. The van der Waals surface area contributed by atoms with Crippen LogP contribution in [0.1, 0.15) is 51.7 Å². The highest BCUT2D eigenvalue weighted by Gasteiger charge is 2.14. The monoisotopic (exact) mass is 261 g/mol. The van der Waals surface area contributed by atoms with Gasteiger partial charge in [0.05, 0.1) is 5.92 Å². The van der Waals surface area contributed by atoms with E-state index < -0.39 is 0 Å². The van der Waals surface area contributed by atoms with Gasteiger partial charge in [0.1, 0.15) is 0 Å². The molecule has 0 saturated carbocycles. The fraction of sp³-hybridized carbons (Fsp3) is 0.588. The summed E-state index contributed by atoms with van der Waals surface area (Å²) in [5, 5.41) is 2.99. The van der Waals surface area contributed by atoms with Crippen LogP contribution in [0.3, 0.4) is 0 Å². The second-order valence-electron chi connectivity index (χ2n) is 6.20. The molecule has 0 radical (unpaired) electrons. The van der Waals surface area contributed by atoms with E-state index in [9.17, 15) is 4.79 Å². The van der Waals surface area contributed by atoms with E-state index in [0.717, 1.165) is 18.5 Å². The van der Waals surface area contributed by atoms with Gasteiger partial charge in [0.15, 0.2) is 0 Å². The topological polar surface area (TPSA) is 29.1 Å².